The number of nitrogens with one attached hydrogen (secondary N) is 2. The third-order valence-corrected chi connectivity index (χ3v) is 5.06. The van der Waals surface area contributed by atoms with Crippen molar-refractivity contribution in [1.29, 1.82) is 0 Å². The highest BCUT2D eigenvalue weighted by Crippen LogP contribution is 2.08. The van der Waals surface area contributed by atoms with Crippen LogP contribution in [0, 0.1) is 0 Å². The van der Waals surface area contributed by atoms with Crippen LogP contribution in [0.4, 0.5) is 0 Å². The minimum absolute atomic E-state index is 0.360. The van der Waals surface area contributed by atoms with Crippen molar-refractivity contribution in [2.24, 2.45) is 0 Å². The predicted octanol–water partition coefficient (Wildman–Crippen LogP) is 1.40. The van der Waals surface area contributed by atoms with Gasteiger partial charge in [-0.05, 0) is 37.4 Å². The van der Waals surface area contributed by atoms with Crippen LogP contribution in [0.15, 0.2) is 17.5 Å². The molecule has 1 aromatic rings. The minimum Gasteiger partial charge on any atom is -0.317 e. The molecule has 0 saturated heterocycles. The van der Waals surface area contributed by atoms with Gasteiger partial charge < -0.3 is 5.32 Å². The van der Waals surface area contributed by atoms with Gasteiger partial charge in [0, 0.05) is 25.0 Å². The summed E-state index contributed by atoms with van der Waals surface area (Å²) in [5.74, 6) is 0. The molecule has 0 aromatic carbocycles. The van der Waals surface area contributed by atoms with E-state index < -0.39 is 10.2 Å². The van der Waals surface area contributed by atoms with Crippen molar-refractivity contribution < 1.29 is 8.42 Å². The van der Waals surface area contributed by atoms with E-state index in [1.165, 1.54) is 4.31 Å². The molecule has 7 heteroatoms. The Morgan fingerprint density at radius 2 is 2.16 bits per heavy atom. The lowest BCUT2D eigenvalue weighted by molar-refractivity contribution is 0.444. The van der Waals surface area contributed by atoms with E-state index in [0.717, 1.165) is 30.8 Å². The van der Waals surface area contributed by atoms with Crippen molar-refractivity contribution >= 4 is 21.5 Å². The summed E-state index contributed by atoms with van der Waals surface area (Å²) in [6.07, 6.45) is 1.91. The van der Waals surface area contributed by atoms with E-state index in [1.54, 1.807) is 18.4 Å². The fourth-order valence-corrected chi connectivity index (χ4v) is 3.20. The van der Waals surface area contributed by atoms with Gasteiger partial charge in [0.2, 0.25) is 0 Å². The molecule has 0 aliphatic rings. The molecule has 0 aliphatic carbocycles. The smallest absolute Gasteiger partial charge is 0.279 e. The van der Waals surface area contributed by atoms with Gasteiger partial charge in [-0.3, -0.25) is 0 Å². The zero-order valence-electron chi connectivity index (χ0n) is 11.6. The fraction of sp³-hybridized carbons (Fsp3) is 0.667. The van der Waals surface area contributed by atoms with E-state index in [0.29, 0.717) is 13.1 Å². The second-order valence-corrected chi connectivity index (χ2v) is 7.23. The monoisotopic (exact) mass is 305 g/mol. The van der Waals surface area contributed by atoms with E-state index in [4.69, 9.17) is 0 Å². The quantitative estimate of drug-likeness (QED) is 0.642. The molecular weight excluding hydrogens is 282 g/mol. The number of thiophene rings is 1. The zero-order chi connectivity index (χ0) is 14.1. The average Bonchev–Trinajstić information content (AvgIpc) is 2.89. The van der Waals surface area contributed by atoms with Crippen LogP contribution >= 0.6 is 11.3 Å². The summed E-state index contributed by atoms with van der Waals surface area (Å²) in [6.45, 7) is 4.82. The number of hydrogen-bond donors (Lipinski definition) is 2. The molecule has 0 unspecified atom stereocenters. The number of nitrogens with zero attached hydrogens (tertiary/aromatic N) is 1. The molecule has 0 spiro atoms. The molecule has 19 heavy (non-hydrogen) atoms. The van der Waals surface area contributed by atoms with Crippen LogP contribution in [-0.4, -0.2) is 39.4 Å². The maximum absolute atomic E-state index is 11.9. The van der Waals surface area contributed by atoms with Crippen molar-refractivity contribution in [2.45, 2.75) is 26.3 Å². The Kier molecular flexibility index (Phi) is 7.55. The summed E-state index contributed by atoms with van der Waals surface area (Å²) >= 11 is 1.55. The summed E-state index contributed by atoms with van der Waals surface area (Å²) < 4.78 is 27.9. The molecule has 0 fully saturated rings. The van der Waals surface area contributed by atoms with E-state index in [-0.39, 0.29) is 0 Å². The second kappa shape index (κ2) is 8.65. The SMILES string of the molecule is CCCNCCCN(C)S(=O)(=O)NCc1cccs1. The normalized spacial score (nSPS) is 12.2. The van der Waals surface area contributed by atoms with Gasteiger partial charge in [-0.15, -0.1) is 11.3 Å². The first-order valence-electron chi connectivity index (χ1n) is 6.50. The largest absolute Gasteiger partial charge is 0.317 e. The summed E-state index contributed by atoms with van der Waals surface area (Å²) in [6, 6.07) is 3.83. The standard InChI is InChI=1S/C12H23N3O2S2/c1-3-7-13-8-5-9-15(2)19(16,17)14-11-12-6-4-10-18-12/h4,6,10,13-14H,3,5,7-9,11H2,1-2H3. The van der Waals surface area contributed by atoms with Gasteiger partial charge in [-0.25, -0.2) is 0 Å². The van der Waals surface area contributed by atoms with E-state index in [9.17, 15) is 8.42 Å². The van der Waals surface area contributed by atoms with Crippen LogP contribution in [0.3, 0.4) is 0 Å². The molecule has 0 bridgehead atoms. The molecule has 110 valence electrons. The maximum Gasteiger partial charge on any atom is 0.279 e. The lowest BCUT2D eigenvalue weighted by Crippen LogP contribution is -2.38. The zero-order valence-corrected chi connectivity index (χ0v) is 13.2. The number of rotatable bonds is 10. The van der Waals surface area contributed by atoms with E-state index in [2.05, 4.69) is 17.0 Å². The first kappa shape index (κ1) is 16.6. The molecule has 0 amide bonds. The Morgan fingerprint density at radius 3 is 2.79 bits per heavy atom. The van der Waals surface area contributed by atoms with Crippen molar-refractivity contribution in [3.8, 4) is 0 Å². The third kappa shape index (κ3) is 6.49. The third-order valence-electron chi connectivity index (χ3n) is 2.67. The Labute approximate surface area is 120 Å². The first-order chi connectivity index (χ1) is 9.06. The van der Waals surface area contributed by atoms with Gasteiger partial charge in [-0.2, -0.15) is 17.4 Å². The summed E-state index contributed by atoms with van der Waals surface area (Å²) in [5, 5.41) is 5.19. The first-order valence-corrected chi connectivity index (χ1v) is 8.82. The van der Waals surface area contributed by atoms with Gasteiger partial charge >= 0.3 is 0 Å². The molecule has 0 aliphatic heterocycles. The highest BCUT2D eigenvalue weighted by Gasteiger charge is 2.16. The highest BCUT2D eigenvalue weighted by atomic mass is 32.2. The van der Waals surface area contributed by atoms with Gasteiger partial charge in [0.25, 0.3) is 10.2 Å². The Bertz CT molecular complexity index is 432. The topological polar surface area (TPSA) is 61.4 Å². The molecule has 0 saturated carbocycles. The maximum atomic E-state index is 11.9. The van der Waals surface area contributed by atoms with Gasteiger partial charge in [-0.1, -0.05) is 13.0 Å². The second-order valence-electron chi connectivity index (χ2n) is 4.33. The van der Waals surface area contributed by atoms with Crippen LogP contribution in [0.1, 0.15) is 24.6 Å². The lowest BCUT2D eigenvalue weighted by atomic mass is 10.4. The van der Waals surface area contributed by atoms with Crippen LogP contribution < -0.4 is 10.0 Å². The summed E-state index contributed by atoms with van der Waals surface area (Å²) in [4.78, 5) is 1.02. The molecule has 5 nitrogen and oxygen atoms in total. The highest BCUT2D eigenvalue weighted by molar-refractivity contribution is 7.87. The van der Waals surface area contributed by atoms with Crippen LogP contribution in [0.5, 0.6) is 0 Å². The van der Waals surface area contributed by atoms with Gasteiger partial charge in [0.05, 0.1) is 0 Å². The van der Waals surface area contributed by atoms with Crippen LogP contribution in [0.2, 0.25) is 0 Å². The van der Waals surface area contributed by atoms with Crippen LogP contribution in [-0.2, 0) is 16.8 Å². The van der Waals surface area contributed by atoms with E-state index in [1.807, 2.05) is 17.5 Å². The van der Waals surface area contributed by atoms with Crippen molar-refractivity contribution in [3.63, 3.8) is 0 Å². The predicted molar refractivity (Wildman–Crippen MR) is 80.5 cm³/mol. The minimum atomic E-state index is -3.37. The Morgan fingerprint density at radius 1 is 1.37 bits per heavy atom. The van der Waals surface area contributed by atoms with E-state index >= 15 is 0 Å². The van der Waals surface area contributed by atoms with Crippen LogP contribution in [0.25, 0.3) is 0 Å². The van der Waals surface area contributed by atoms with Crippen molar-refractivity contribution in [3.05, 3.63) is 22.4 Å². The van der Waals surface area contributed by atoms with Gasteiger partial charge in [0.1, 0.15) is 0 Å². The molecular formula is C12H23N3O2S2. The van der Waals surface area contributed by atoms with Crippen molar-refractivity contribution in [2.75, 3.05) is 26.7 Å². The molecule has 0 atom stereocenters. The molecule has 1 heterocycles. The van der Waals surface area contributed by atoms with Crippen molar-refractivity contribution in [1.82, 2.24) is 14.3 Å². The Hall–Kier alpha value is -0.470. The molecule has 2 N–H and O–H groups in total. The average molecular weight is 305 g/mol. The summed E-state index contributed by atoms with van der Waals surface area (Å²) in [5.41, 5.74) is 0. The summed E-state index contributed by atoms with van der Waals surface area (Å²) in [7, 11) is -1.76. The Balaban J connectivity index is 2.27. The molecule has 1 aromatic heterocycles. The molecule has 0 radical (unpaired) electrons. The van der Waals surface area contributed by atoms with Gasteiger partial charge in [0.15, 0.2) is 0 Å². The lowest BCUT2D eigenvalue weighted by Gasteiger charge is -2.17. The number of hydrogen-bond acceptors (Lipinski definition) is 4. The fourth-order valence-electron chi connectivity index (χ4n) is 1.53. The molecule has 1 rings (SSSR count).